The first-order valence-corrected chi connectivity index (χ1v) is 10.9. The van der Waals surface area contributed by atoms with Crippen molar-refractivity contribution in [1.29, 1.82) is 5.26 Å². The van der Waals surface area contributed by atoms with E-state index in [1.807, 2.05) is 26.0 Å². The first kappa shape index (κ1) is 26.3. The van der Waals surface area contributed by atoms with E-state index < -0.39 is 17.5 Å². The predicted molar refractivity (Wildman–Crippen MR) is 119 cm³/mol. The molecule has 0 bridgehead atoms. The number of carbonyl (C=O) groups is 1. The molecule has 1 fully saturated rings. The molecule has 11 nitrogen and oxygen atoms in total. The van der Waals surface area contributed by atoms with Crippen molar-refractivity contribution in [3.63, 3.8) is 0 Å². The highest BCUT2D eigenvalue weighted by molar-refractivity contribution is 5.65. The highest BCUT2D eigenvalue weighted by Gasteiger charge is 2.43. The Bertz CT molecular complexity index is 956. The molecule has 1 aliphatic heterocycles. The molecule has 2 aromatic rings. The Balaban J connectivity index is 0.000000696. The number of hydrogen-bond acceptors (Lipinski definition) is 10. The molecule has 182 valence electrons. The summed E-state index contributed by atoms with van der Waals surface area (Å²) in [7, 11) is 0. The van der Waals surface area contributed by atoms with Crippen LogP contribution in [0.3, 0.4) is 0 Å². The quantitative estimate of drug-likeness (QED) is 0.410. The van der Waals surface area contributed by atoms with Crippen LogP contribution < -0.4 is 5.73 Å². The number of nitriles is 1. The van der Waals surface area contributed by atoms with Crippen LogP contribution in [0.1, 0.15) is 65.2 Å². The van der Waals surface area contributed by atoms with Gasteiger partial charge in [0.1, 0.15) is 30.6 Å². The van der Waals surface area contributed by atoms with Gasteiger partial charge in [0.25, 0.3) is 0 Å². The molecule has 2 atom stereocenters. The van der Waals surface area contributed by atoms with E-state index in [2.05, 4.69) is 16.2 Å². The highest BCUT2D eigenvalue weighted by atomic mass is 16.7. The van der Waals surface area contributed by atoms with Crippen LogP contribution in [0, 0.1) is 17.2 Å². The van der Waals surface area contributed by atoms with Gasteiger partial charge in [0.2, 0.25) is 0 Å². The van der Waals surface area contributed by atoms with Gasteiger partial charge in [0.05, 0.1) is 12.3 Å². The van der Waals surface area contributed by atoms with E-state index in [0.717, 1.165) is 18.5 Å². The number of rotatable bonds is 7. The molecule has 0 amide bonds. The maximum atomic E-state index is 11.9. The second-order valence-electron chi connectivity index (χ2n) is 8.48. The summed E-state index contributed by atoms with van der Waals surface area (Å²) in [5.74, 6) is -0.823. The van der Waals surface area contributed by atoms with Gasteiger partial charge in [-0.2, -0.15) is 10.4 Å². The molecule has 4 N–H and O–H groups in total. The minimum atomic E-state index is -1.50. The molecule has 0 aromatic carbocycles. The Labute approximate surface area is 193 Å². The lowest BCUT2D eigenvalue weighted by atomic mass is 10.0. The van der Waals surface area contributed by atoms with Gasteiger partial charge < -0.3 is 30.2 Å². The number of aliphatic hydroxyl groups is 2. The smallest absolute Gasteiger partial charge is 0.434 e. The van der Waals surface area contributed by atoms with E-state index in [1.54, 1.807) is 4.52 Å². The molecule has 11 heteroatoms. The molecule has 2 aromatic heterocycles. The van der Waals surface area contributed by atoms with Crippen molar-refractivity contribution in [2.24, 2.45) is 5.92 Å². The predicted octanol–water partition coefficient (Wildman–Crippen LogP) is 2.72. The Morgan fingerprint density at radius 3 is 2.67 bits per heavy atom. The fourth-order valence-electron chi connectivity index (χ4n) is 3.33. The van der Waals surface area contributed by atoms with Crippen molar-refractivity contribution in [2.45, 2.75) is 70.9 Å². The van der Waals surface area contributed by atoms with Gasteiger partial charge in [-0.1, -0.05) is 26.7 Å². The third-order valence-corrected chi connectivity index (χ3v) is 5.24. The lowest BCUT2D eigenvalue weighted by Crippen LogP contribution is -2.34. The summed E-state index contributed by atoms with van der Waals surface area (Å²) >= 11 is 0. The van der Waals surface area contributed by atoms with Crippen LogP contribution in [0.2, 0.25) is 0 Å². The standard InChI is InChI=1S/C19H25N5O4.C3H8O2/c1-3-13(4-2)9-26-18(25)27-11-19(10-20)8-7-16(28-19)14-5-6-15-17(21)22-12-23-24(14)15;1-3(2,4)5/h5-6,12-13,16H,3-4,7-9,11H2,1-2H3,(H2,21,22,23);4-5H,1-2H3/t16?,19-;/m1./s1. The summed E-state index contributed by atoms with van der Waals surface area (Å²) in [6.07, 6.45) is 3.11. The zero-order valence-corrected chi connectivity index (χ0v) is 19.5. The van der Waals surface area contributed by atoms with Crippen molar-refractivity contribution in [2.75, 3.05) is 18.9 Å². The molecule has 1 saturated heterocycles. The number of aromatic nitrogens is 3. The van der Waals surface area contributed by atoms with Crippen LogP contribution in [0.25, 0.3) is 5.52 Å². The summed E-state index contributed by atoms with van der Waals surface area (Å²) in [6.45, 7) is 6.82. The first-order valence-electron chi connectivity index (χ1n) is 10.9. The SMILES string of the molecule is CC(C)(O)O.CCC(CC)COC(=O)OC[C@]1(C#N)CCC(c2ccc3c(N)ncnn23)O1. The van der Waals surface area contributed by atoms with E-state index in [9.17, 15) is 10.1 Å². The summed E-state index contributed by atoms with van der Waals surface area (Å²) in [5, 5.41) is 30.0. The van der Waals surface area contributed by atoms with Crippen LogP contribution in [0.4, 0.5) is 10.6 Å². The summed E-state index contributed by atoms with van der Waals surface area (Å²) in [6, 6.07) is 5.81. The molecule has 3 rings (SSSR count). The molecular weight excluding hydrogens is 430 g/mol. The number of ether oxygens (including phenoxy) is 3. The van der Waals surface area contributed by atoms with Crippen molar-refractivity contribution < 1.29 is 29.2 Å². The molecule has 1 unspecified atom stereocenters. The van der Waals surface area contributed by atoms with Crippen LogP contribution in [-0.4, -0.2) is 55.6 Å². The van der Waals surface area contributed by atoms with Gasteiger partial charge in [-0.25, -0.2) is 14.3 Å². The van der Waals surface area contributed by atoms with Gasteiger partial charge in [-0.3, -0.25) is 0 Å². The third kappa shape index (κ3) is 7.56. The third-order valence-electron chi connectivity index (χ3n) is 5.24. The van der Waals surface area contributed by atoms with Crippen molar-refractivity contribution >= 4 is 17.5 Å². The Kier molecular flexibility index (Phi) is 8.99. The molecular formula is C22H33N5O6. The van der Waals surface area contributed by atoms with Crippen LogP contribution in [0.15, 0.2) is 18.5 Å². The topological polar surface area (TPSA) is 165 Å². The molecule has 0 aliphatic carbocycles. The van der Waals surface area contributed by atoms with Crippen LogP contribution in [0.5, 0.6) is 0 Å². The molecule has 0 spiro atoms. The number of nitrogens with two attached hydrogens (primary N) is 1. The molecule has 1 aliphatic rings. The zero-order chi connectivity index (χ0) is 24.6. The minimum absolute atomic E-state index is 0.178. The van der Waals surface area contributed by atoms with Crippen LogP contribution >= 0.6 is 0 Å². The fraction of sp³-hybridized carbons (Fsp3) is 0.636. The summed E-state index contributed by atoms with van der Waals surface area (Å²) in [5.41, 5.74) is 6.11. The maximum Gasteiger partial charge on any atom is 0.508 e. The van der Waals surface area contributed by atoms with Gasteiger partial charge in [0, 0.05) is 0 Å². The summed E-state index contributed by atoms with van der Waals surface area (Å²) < 4.78 is 18.0. The molecule has 3 heterocycles. The lowest BCUT2D eigenvalue weighted by Gasteiger charge is -2.21. The number of fused-ring (bicyclic) bond motifs is 1. The number of nitrogen functional groups attached to an aromatic ring is 1. The normalized spacial score (nSPS) is 20.2. The monoisotopic (exact) mass is 463 g/mol. The maximum absolute atomic E-state index is 11.9. The van der Waals surface area contributed by atoms with Crippen molar-refractivity contribution in [1.82, 2.24) is 14.6 Å². The van der Waals surface area contributed by atoms with E-state index in [-0.39, 0.29) is 12.7 Å². The number of hydrogen-bond donors (Lipinski definition) is 3. The number of carbonyl (C=O) groups excluding carboxylic acids is 1. The van der Waals surface area contributed by atoms with E-state index in [1.165, 1.54) is 20.2 Å². The Hall–Kier alpha value is -2.94. The minimum Gasteiger partial charge on any atom is -0.434 e. The molecule has 33 heavy (non-hydrogen) atoms. The second-order valence-corrected chi connectivity index (χ2v) is 8.48. The summed E-state index contributed by atoms with van der Waals surface area (Å²) in [4.78, 5) is 15.8. The highest BCUT2D eigenvalue weighted by Crippen LogP contribution is 2.40. The first-order chi connectivity index (χ1) is 15.5. The zero-order valence-electron chi connectivity index (χ0n) is 19.5. The number of anilines is 1. The van der Waals surface area contributed by atoms with Crippen molar-refractivity contribution in [3.05, 3.63) is 24.2 Å². The van der Waals surface area contributed by atoms with Crippen molar-refractivity contribution in [3.8, 4) is 6.07 Å². The van der Waals surface area contributed by atoms with E-state index >= 15 is 0 Å². The Morgan fingerprint density at radius 1 is 1.39 bits per heavy atom. The van der Waals surface area contributed by atoms with Gasteiger partial charge >= 0.3 is 6.16 Å². The van der Waals surface area contributed by atoms with Crippen LogP contribution in [-0.2, 0) is 14.2 Å². The van der Waals surface area contributed by atoms with Gasteiger partial charge in [0.15, 0.2) is 17.2 Å². The van der Waals surface area contributed by atoms with E-state index in [4.69, 9.17) is 30.2 Å². The number of nitrogens with zero attached hydrogens (tertiary/aromatic N) is 4. The lowest BCUT2D eigenvalue weighted by molar-refractivity contribution is -0.127. The Morgan fingerprint density at radius 2 is 2.06 bits per heavy atom. The largest absolute Gasteiger partial charge is 0.508 e. The second kappa shape index (κ2) is 11.3. The molecule has 0 radical (unpaired) electrons. The van der Waals surface area contributed by atoms with E-state index in [0.29, 0.717) is 36.7 Å². The molecule has 0 saturated carbocycles. The fourth-order valence-corrected chi connectivity index (χ4v) is 3.33. The average molecular weight is 464 g/mol. The van der Waals surface area contributed by atoms with Gasteiger partial charge in [-0.15, -0.1) is 0 Å². The average Bonchev–Trinajstić information content (AvgIpc) is 3.37. The van der Waals surface area contributed by atoms with Gasteiger partial charge in [-0.05, 0) is 44.7 Å².